The van der Waals surface area contributed by atoms with Crippen molar-refractivity contribution in [2.45, 2.75) is 11.8 Å². The lowest BCUT2D eigenvalue weighted by atomic mass is 10.3. The number of nitrogens with zero attached hydrogens (tertiary/aromatic N) is 1. The summed E-state index contributed by atoms with van der Waals surface area (Å²) in [6.45, 7) is 1.38. The zero-order chi connectivity index (χ0) is 21.2. The number of nitrogens with one attached hydrogen (secondary N) is 2. The first kappa shape index (κ1) is 20.7. The first-order valence-corrected chi connectivity index (χ1v) is 10.6. The minimum Gasteiger partial charge on any atom is -0.494 e. The van der Waals surface area contributed by atoms with E-state index in [9.17, 15) is 13.2 Å². The van der Waals surface area contributed by atoms with Crippen molar-refractivity contribution in [1.29, 1.82) is 0 Å². The highest BCUT2D eigenvalue weighted by Gasteiger charge is 2.19. The third-order valence-electron chi connectivity index (χ3n) is 3.88. The molecule has 0 radical (unpaired) electrons. The van der Waals surface area contributed by atoms with Gasteiger partial charge in [0, 0.05) is 19.1 Å². The van der Waals surface area contributed by atoms with Crippen LogP contribution in [0.5, 0.6) is 17.2 Å². The van der Waals surface area contributed by atoms with Crippen LogP contribution >= 0.6 is 11.3 Å². The number of rotatable bonds is 7. The summed E-state index contributed by atoms with van der Waals surface area (Å²) in [6, 6.07) is 7.46. The lowest BCUT2D eigenvalue weighted by Crippen LogP contribution is -2.13. The molecule has 0 aliphatic rings. The molecule has 0 atom stereocenters. The number of carbonyl (C=O) groups excluding carboxylic acids is 1. The molecule has 2 aromatic carbocycles. The Morgan fingerprint density at radius 2 is 1.69 bits per heavy atom. The van der Waals surface area contributed by atoms with E-state index in [-0.39, 0.29) is 10.8 Å². The summed E-state index contributed by atoms with van der Waals surface area (Å²) in [4.78, 5) is 15.6. The average Bonchev–Trinajstić information content (AvgIpc) is 3.07. The van der Waals surface area contributed by atoms with Gasteiger partial charge in [-0.25, -0.2) is 13.4 Å². The Labute approximate surface area is 171 Å². The van der Waals surface area contributed by atoms with Crippen molar-refractivity contribution in [3.63, 3.8) is 0 Å². The summed E-state index contributed by atoms with van der Waals surface area (Å²) in [5.74, 6) is 0.841. The summed E-state index contributed by atoms with van der Waals surface area (Å²) in [7, 11) is 0.450. The molecule has 0 fully saturated rings. The lowest BCUT2D eigenvalue weighted by molar-refractivity contribution is -0.114. The Bertz CT molecular complexity index is 1170. The van der Waals surface area contributed by atoms with Crippen LogP contribution in [0.25, 0.3) is 10.2 Å². The Morgan fingerprint density at radius 1 is 1.00 bits per heavy atom. The van der Waals surface area contributed by atoms with Crippen molar-refractivity contribution in [3.05, 3.63) is 30.3 Å². The minimum atomic E-state index is -3.90. The van der Waals surface area contributed by atoms with Gasteiger partial charge in [-0.05, 0) is 18.2 Å². The highest BCUT2D eigenvalue weighted by molar-refractivity contribution is 7.92. The fourth-order valence-electron chi connectivity index (χ4n) is 2.62. The van der Waals surface area contributed by atoms with Crippen molar-refractivity contribution in [3.8, 4) is 17.2 Å². The zero-order valence-corrected chi connectivity index (χ0v) is 17.7. The molecule has 2 N–H and O–H groups in total. The van der Waals surface area contributed by atoms with Gasteiger partial charge in [-0.15, -0.1) is 0 Å². The quantitative estimate of drug-likeness (QED) is 0.583. The number of fused-ring (bicyclic) bond motifs is 1. The van der Waals surface area contributed by atoms with E-state index in [4.69, 9.17) is 14.2 Å². The van der Waals surface area contributed by atoms with Crippen LogP contribution in [-0.4, -0.2) is 40.6 Å². The molecule has 3 rings (SSSR count). The number of methoxy groups -OCH3 is 3. The van der Waals surface area contributed by atoms with Gasteiger partial charge < -0.3 is 19.5 Å². The number of benzene rings is 2. The van der Waals surface area contributed by atoms with E-state index in [0.717, 1.165) is 0 Å². The topological polar surface area (TPSA) is 116 Å². The molecule has 1 aromatic heterocycles. The zero-order valence-electron chi connectivity index (χ0n) is 16.1. The maximum Gasteiger partial charge on any atom is 0.262 e. The van der Waals surface area contributed by atoms with Crippen molar-refractivity contribution in [2.75, 3.05) is 31.4 Å². The predicted molar refractivity (Wildman–Crippen MR) is 111 cm³/mol. The molecule has 0 spiro atoms. The molecule has 0 saturated carbocycles. The van der Waals surface area contributed by atoms with E-state index in [1.165, 1.54) is 63.9 Å². The van der Waals surface area contributed by atoms with Gasteiger partial charge in [0.05, 0.1) is 36.6 Å². The third kappa shape index (κ3) is 4.35. The predicted octanol–water partition coefficient (Wildman–Crippen LogP) is 3.08. The van der Waals surface area contributed by atoms with E-state index in [0.29, 0.717) is 38.3 Å². The number of carbonyl (C=O) groups is 1. The maximum absolute atomic E-state index is 12.8. The molecule has 11 heteroatoms. The molecule has 29 heavy (non-hydrogen) atoms. The van der Waals surface area contributed by atoms with Crippen LogP contribution in [0.4, 0.5) is 10.8 Å². The molecule has 9 nitrogen and oxygen atoms in total. The molecular weight excluding hydrogens is 418 g/mol. The molecule has 1 amide bonds. The number of thiazole rings is 1. The average molecular weight is 437 g/mol. The van der Waals surface area contributed by atoms with Crippen molar-refractivity contribution < 1.29 is 27.4 Å². The van der Waals surface area contributed by atoms with Gasteiger partial charge in [-0.2, -0.15) is 0 Å². The molecule has 3 aromatic rings. The van der Waals surface area contributed by atoms with Gasteiger partial charge in [0.25, 0.3) is 10.0 Å². The van der Waals surface area contributed by atoms with E-state index in [1.807, 2.05) is 0 Å². The molecule has 154 valence electrons. The second kappa shape index (κ2) is 8.13. The Hall–Kier alpha value is -3.05. The van der Waals surface area contributed by atoms with Crippen molar-refractivity contribution in [1.82, 2.24) is 4.98 Å². The Morgan fingerprint density at radius 3 is 2.31 bits per heavy atom. The van der Waals surface area contributed by atoms with Gasteiger partial charge in [0.1, 0.15) is 11.3 Å². The number of amides is 1. The van der Waals surface area contributed by atoms with Crippen LogP contribution in [0.3, 0.4) is 0 Å². The van der Waals surface area contributed by atoms with Crippen LogP contribution in [0.2, 0.25) is 0 Å². The molecule has 0 saturated heterocycles. The minimum absolute atomic E-state index is 0.0115. The standard InChI is InChI=1S/C18H19N3O6S2/c1-10(22)19-18-20-17-15(27-4)7-11(8-16(17)28-18)21-29(23,24)12-5-6-13(25-2)14(9-12)26-3/h5-9,21H,1-4H3,(H,19,20,22). The fraction of sp³-hybridized carbons (Fsp3) is 0.222. The van der Waals surface area contributed by atoms with E-state index >= 15 is 0 Å². The van der Waals surface area contributed by atoms with E-state index < -0.39 is 10.0 Å². The smallest absolute Gasteiger partial charge is 0.262 e. The van der Waals surface area contributed by atoms with Gasteiger partial charge in [0.15, 0.2) is 16.6 Å². The van der Waals surface area contributed by atoms with Crippen molar-refractivity contribution in [2.24, 2.45) is 0 Å². The van der Waals surface area contributed by atoms with Gasteiger partial charge >= 0.3 is 0 Å². The van der Waals surface area contributed by atoms with Gasteiger partial charge in [-0.1, -0.05) is 11.3 Å². The number of aromatic nitrogens is 1. The summed E-state index contributed by atoms with van der Waals surface area (Å²) < 4.78 is 44.5. The number of ether oxygens (including phenoxy) is 3. The monoisotopic (exact) mass is 437 g/mol. The van der Waals surface area contributed by atoms with Crippen LogP contribution in [-0.2, 0) is 14.8 Å². The van der Waals surface area contributed by atoms with Gasteiger partial charge in [-0.3, -0.25) is 9.52 Å². The normalized spacial score (nSPS) is 11.2. The highest BCUT2D eigenvalue weighted by atomic mass is 32.2. The van der Waals surface area contributed by atoms with E-state index in [2.05, 4.69) is 15.0 Å². The van der Waals surface area contributed by atoms with Gasteiger partial charge in [0.2, 0.25) is 5.91 Å². The molecule has 0 bridgehead atoms. The summed E-state index contributed by atoms with van der Waals surface area (Å²) >= 11 is 1.21. The summed E-state index contributed by atoms with van der Waals surface area (Å²) in [5, 5.41) is 3.01. The molecular formula is C18H19N3O6S2. The first-order chi connectivity index (χ1) is 13.8. The largest absolute Gasteiger partial charge is 0.494 e. The van der Waals surface area contributed by atoms with Crippen LogP contribution < -0.4 is 24.2 Å². The van der Waals surface area contributed by atoms with Crippen LogP contribution in [0.1, 0.15) is 6.92 Å². The third-order valence-corrected chi connectivity index (χ3v) is 6.18. The lowest BCUT2D eigenvalue weighted by Gasteiger charge is -2.12. The highest BCUT2D eigenvalue weighted by Crippen LogP contribution is 2.36. The van der Waals surface area contributed by atoms with Crippen molar-refractivity contribution >= 4 is 48.3 Å². The molecule has 0 unspecified atom stereocenters. The summed E-state index contributed by atoms with van der Waals surface area (Å²) in [5.41, 5.74) is 0.817. The molecule has 1 heterocycles. The molecule has 0 aliphatic heterocycles. The number of anilines is 2. The number of sulfonamides is 1. The molecule has 0 aliphatic carbocycles. The second-order valence-corrected chi connectivity index (χ2v) is 8.56. The SMILES string of the molecule is COc1ccc(S(=O)(=O)Nc2cc(OC)c3nc(NC(C)=O)sc3c2)cc1OC. The van der Waals surface area contributed by atoms with Crippen LogP contribution in [0.15, 0.2) is 35.2 Å². The fourth-order valence-corrected chi connectivity index (χ4v) is 4.64. The number of hydrogen-bond acceptors (Lipinski definition) is 8. The van der Waals surface area contributed by atoms with E-state index in [1.54, 1.807) is 6.07 Å². The summed E-state index contributed by atoms with van der Waals surface area (Å²) in [6.07, 6.45) is 0. The second-order valence-electron chi connectivity index (χ2n) is 5.85. The Kier molecular flexibility index (Phi) is 5.80. The Balaban J connectivity index is 1.99. The number of hydrogen-bond donors (Lipinski definition) is 2. The van der Waals surface area contributed by atoms with Crippen LogP contribution in [0, 0.1) is 0 Å². The maximum atomic E-state index is 12.8. The first-order valence-electron chi connectivity index (χ1n) is 8.28.